The van der Waals surface area contributed by atoms with Gasteiger partial charge in [-0.15, -0.1) is 0 Å². The van der Waals surface area contributed by atoms with Crippen LogP contribution in [0.5, 0.6) is 0 Å². The van der Waals surface area contributed by atoms with Gasteiger partial charge in [-0.2, -0.15) is 0 Å². The molecular weight excluding hydrogens is 627 g/mol. The zero-order valence-corrected chi connectivity index (χ0v) is 31.2. The number of nitrogens with zero attached hydrogens (tertiary/aromatic N) is 1. The average molecular weight is 680 g/mol. The first-order chi connectivity index (χ1) is 25.3. The van der Waals surface area contributed by atoms with Crippen LogP contribution in [0.2, 0.25) is 0 Å². The van der Waals surface area contributed by atoms with Crippen LogP contribution in [0, 0.1) is 35.5 Å². The van der Waals surface area contributed by atoms with Crippen LogP contribution < -0.4 is 4.90 Å². The molecule has 8 fully saturated rings. The van der Waals surface area contributed by atoms with E-state index in [0.29, 0.717) is 10.8 Å². The maximum Gasteiger partial charge on any atom is 0.0540 e. The summed E-state index contributed by atoms with van der Waals surface area (Å²) in [7, 11) is 0. The van der Waals surface area contributed by atoms with Gasteiger partial charge >= 0.3 is 0 Å². The van der Waals surface area contributed by atoms with E-state index in [9.17, 15) is 0 Å². The van der Waals surface area contributed by atoms with Gasteiger partial charge in [0.05, 0.1) is 5.69 Å². The van der Waals surface area contributed by atoms with Gasteiger partial charge in [-0.3, -0.25) is 0 Å². The Morgan fingerprint density at radius 1 is 0.462 bits per heavy atom. The Kier molecular flexibility index (Phi) is 6.26. The van der Waals surface area contributed by atoms with Crippen LogP contribution in [0.25, 0.3) is 21.9 Å². The Balaban J connectivity index is 0.953. The van der Waals surface area contributed by atoms with Gasteiger partial charge in [0, 0.05) is 22.2 Å². The largest absolute Gasteiger partial charge is 0.310 e. The minimum atomic E-state index is -0.0498. The standard InChI is InChI=1S/C51H53N/c1-49(2)46-24-40(51-29-35-21-36(30-51)23-37(22-35)31-51)12-16-44(46)45-17-15-42(25-47(45)49)52(48-9-5-7-38-6-3-4-8-43(38)48)41-13-10-39(11-14-41)50-26-32-18-33(27-50)20-34(19-32)28-50/h3-17,24-25,32-37H,18-23,26-31H2,1-2H3. The second-order valence-corrected chi connectivity index (χ2v) is 19.9. The second kappa shape index (κ2) is 10.6. The van der Waals surface area contributed by atoms with Crippen molar-refractivity contribution in [3.05, 3.63) is 125 Å². The number of fused-ring (bicyclic) bond motifs is 4. The van der Waals surface area contributed by atoms with Crippen LogP contribution in [0.3, 0.4) is 0 Å². The van der Waals surface area contributed by atoms with Crippen LogP contribution in [-0.4, -0.2) is 0 Å². The molecule has 0 saturated heterocycles. The fraction of sp³-hybridized carbons (Fsp3) is 0.451. The van der Waals surface area contributed by atoms with E-state index in [1.807, 2.05) is 0 Å². The van der Waals surface area contributed by atoms with Crippen molar-refractivity contribution >= 4 is 27.8 Å². The van der Waals surface area contributed by atoms with Gasteiger partial charge in [0.25, 0.3) is 0 Å². The molecule has 0 spiro atoms. The van der Waals surface area contributed by atoms with Crippen molar-refractivity contribution in [2.24, 2.45) is 35.5 Å². The maximum atomic E-state index is 2.69. The van der Waals surface area contributed by atoms with Gasteiger partial charge in [-0.1, -0.05) is 86.6 Å². The summed E-state index contributed by atoms with van der Waals surface area (Å²) in [6.45, 7) is 4.99. The molecule has 0 amide bonds. The molecule has 1 nitrogen and oxygen atoms in total. The molecule has 0 atom stereocenters. The highest BCUT2D eigenvalue weighted by molar-refractivity contribution is 5.99. The highest BCUT2D eigenvalue weighted by Crippen LogP contribution is 2.63. The van der Waals surface area contributed by atoms with Crippen LogP contribution in [-0.2, 0) is 16.2 Å². The molecule has 0 heterocycles. The molecule has 52 heavy (non-hydrogen) atoms. The zero-order chi connectivity index (χ0) is 34.4. The van der Waals surface area contributed by atoms with Crippen LogP contribution in [0.15, 0.2) is 103 Å². The minimum absolute atomic E-state index is 0.0498. The first-order valence-electron chi connectivity index (χ1n) is 21.0. The quantitative estimate of drug-likeness (QED) is 0.179. The summed E-state index contributed by atoms with van der Waals surface area (Å²) in [6.07, 6.45) is 17.5. The van der Waals surface area contributed by atoms with Crippen molar-refractivity contribution < 1.29 is 0 Å². The van der Waals surface area contributed by atoms with Crippen molar-refractivity contribution in [2.75, 3.05) is 4.90 Å². The van der Waals surface area contributed by atoms with Gasteiger partial charge in [-0.25, -0.2) is 0 Å². The molecule has 9 aliphatic carbocycles. The van der Waals surface area contributed by atoms with Crippen LogP contribution >= 0.6 is 0 Å². The summed E-state index contributed by atoms with van der Waals surface area (Å²) >= 11 is 0. The fourth-order valence-corrected chi connectivity index (χ4v) is 14.9. The van der Waals surface area contributed by atoms with E-state index in [2.05, 4.69) is 122 Å². The highest BCUT2D eigenvalue weighted by atomic mass is 15.1. The van der Waals surface area contributed by atoms with E-state index in [1.165, 1.54) is 122 Å². The van der Waals surface area contributed by atoms with Crippen molar-refractivity contribution in [1.82, 2.24) is 0 Å². The van der Waals surface area contributed by atoms with E-state index in [4.69, 9.17) is 0 Å². The van der Waals surface area contributed by atoms with Crippen molar-refractivity contribution in [3.63, 3.8) is 0 Å². The number of hydrogen-bond donors (Lipinski definition) is 0. The summed E-state index contributed by atoms with van der Waals surface area (Å²) < 4.78 is 0. The molecular formula is C51H53N. The summed E-state index contributed by atoms with van der Waals surface area (Å²) in [5.74, 6) is 5.78. The monoisotopic (exact) mass is 679 g/mol. The first kappa shape index (κ1) is 30.6. The Labute approximate surface area is 310 Å². The van der Waals surface area contributed by atoms with E-state index >= 15 is 0 Å². The molecule has 262 valence electrons. The molecule has 0 unspecified atom stereocenters. The molecule has 9 aliphatic rings. The molecule has 14 rings (SSSR count). The SMILES string of the molecule is CC1(C)c2cc(N(c3ccc(C45CC6CC(CC(C6)C4)C5)cc3)c3cccc4ccccc34)ccc2-c2ccc(C34CC5CC(CC(C5)C3)C4)cc21. The Bertz CT molecular complexity index is 2180. The lowest BCUT2D eigenvalue weighted by atomic mass is 9.48. The lowest BCUT2D eigenvalue weighted by molar-refractivity contribution is -0.00532. The first-order valence-corrected chi connectivity index (χ1v) is 21.0. The predicted molar refractivity (Wildman–Crippen MR) is 216 cm³/mol. The molecule has 1 heteroatoms. The van der Waals surface area contributed by atoms with Crippen molar-refractivity contribution in [2.45, 2.75) is 107 Å². The summed E-state index contributed by atoms with van der Waals surface area (Å²) in [5.41, 5.74) is 13.7. The van der Waals surface area contributed by atoms with E-state index in [0.717, 1.165) is 35.5 Å². The van der Waals surface area contributed by atoms with E-state index < -0.39 is 0 Å². The topological polar surface area (TPSA) is 3.24 Å². The zero-order valence-electron chi connectivity index (χ0n) is 31.2. The molecule has 8 bridgehead atoms. The van der Waals surface area contributed by atoms with Crippen LogP contribution in [0.4, 0.5) is 17.1 Å². The fourth-order valence-electron chi connectivity index (χ4n) is 14.9. The van der Waals surface area contributed by atoms with Gasteiger partial charge < -0.3 is 4.90 Å². The third kappa shape index (κ3) is 4.35. The Hall–Kier alpha value is -3.84. The summed E-state index contributed by atoms with van der Waals surface area (Å²) in [4.78, 5) is 2.56. The molecule has 0 aliphatic heterocycles. The van der Waals surface area contributed by atoms with Gasteiger partial charge in [0.1, 0.15) is 0 Å². The van der Waals surface area contributed by atoms with Gasteiger partial charge in [-0.05, 0) is 192 Å². The normalized spacial score (nSPS) is 34.1. The van der Waals surface area contributed by atoms with Crippen LogP contribution in [0.1, 0.15) is 113 Å². The molecule has 0 radical (unpaired) electrons. The third-order valence-electron chi connectivity index (χ3n) is 16.4. The average Bonchev–Trinajstić information content (AvgIpc) is 3.36. The molecule has 8 saturated carbocycles. The lowest BCUT2D eigenvalue weighted by Crippen LogP contribution is -2.48. The molecule has 5 aromatic carbocycles. The van der Waals surface area contributed by atoms with Gasteiger partial charge in [0.15, 0.2) is 0 Å². The number of rotatable bonds is 5. The molecule has 5 aromatic rings. The van der Waals surface area contributed by atoms with Crippen molar-refractivity contribution in [1.29, 1.82) is 0 Å². The Morgan fingerprint density at radius 2 is 0.942 bits per heavy atom. The van der Waals surface area contributed by atoms with E-state index in [-0.39, 0.29) is 5.41 Å². The number of benzene rings is 5. The van der Waals surface area contributed by atoms with Crippen molar-refractivity contribution in [3.8, 4) is 11.1 Å². The summed E-state index contributed by atoms with van der Waals surface area (Å²) in [6, 6.07) is 40.9. The Morgan fingerprint density at radius 3 is 1.56 bits per heavy atom. The summed E-state index contributed by atoms with van der Waals surface area (Å²) in [5, 5.41) is 2.60. The second-order valence-electron chi connectivity index (χ2n) is 19.9. The molecule has 0 N–H and O–H groups in total. The highest BCUT2D eigenvalue weighted by Gasteiger charge is 2.53. The molecule has 0 aromatic heterocycles. The van der Waals surface area contributed by atoms with E-state index in [1.54, 1.807) is 16.7 Å². The minimum Gasteiger partial charge on any atom is -0.310 e. The predicted octanol–water partition coefficient (Wildman–Crippen LogP) is 13.6. The maximum absolute atomic E-state index is 2.69. The number of anilines is 3. The third-order valence-corrected chi connectivity index (χ3v) is 16.4. The lowest BCUT2D eigenvalue weighted by Gasteiger charge is -2.57. The van der Waals surface area contributed by atoms with Gasteiger partial charge in [0.2, 0.25) is 0 Å². The smallest absolute Gasteiger partial charge is 0.0540 e. The number of hydrogen-bond acceptors (Lipinski definition) is 1.